The molecule has 0 radical (unpaired) electrons. The third-order valence-electron chi connectivity index (χ3n) is 3.20. The van der Waals surface area contributed by atoms with Crippen LogP contribution in [0.3, 0.4) is 0 Å². The van der Waals surface area contributed by atoms with Crippen molar-refractivity contribution in [3.05, 3.63) is 65.7 Å². The zero-order valence-electron chi connectivity index (χ0n) is 12.2. The van der Waals surface area contributed by atoms with Crippen molar-refractivity contribution in [1.29, 1.82) is 0 Å². The highest BCUT2D eigenvalue weighted by Crippen LogP contribution is 2.31. The summed E-state index contributed by atoms with van der Waals surface area (Å²) in [6, 6.07) is 13.0. The Morgan fingerprint density at radius 1 is 1.27 bits per heavy atom. The molecule has 3 aromatic rings. The minimum Gasteiger partial charge on any atom is -0.489 e. The molecule has 0 saturated heterocycles. The number of benzene rings is 1. The molecule has 22 heavy (non-hydrogen) atoms. The number of nitroso groups, excluding NO2 is 1. The van der Waals surface area contributed by atoms with E-state index in [0.717, 1.165) is 16.9 Å². The van der Waals surface area contributed by atoms with Crippen LogP contribution in [0.15, 0.2) is 66.0 Å². The second-order valence-corrected chi connectivity index (χ2v) is 5.07. The highest BCUT2D eigenvalue weighted by Gasteiger charge is 2.14. The molecule has 110 valence electrons. The summed E-state index contributed by atoms with van der Waals surface area (Å²) in [6.07, 6.45) is 1.77. The summed E-state index contributed by atoms with van der Waals surface area (Å²) in [5.74, 6) is 1.04. The Labute approximate surface area is 127 Å². The largest absolute Gasteiger partial charge is 0.489 e. The van der Waals surface area contributed by atoms with E-state index in [9.17, 15) is 4.91 Å². The SMILES string of the molecule is C=C(C)COc1ccc(-c2nc3ccccn3c2N=O)cc1. The molecule has 3 rings (SSSR count). The summed E-state index contributed by atoms with van der Waals surface area (Å²) in [5, 5.41) is 3.12. The Morgan fingerprint density at radius 3 is 2.73 bits per heavy atom. The van der Waals surface area contributed by atoms with Gasteiger partial charge in [-0.1, -0.05) is 12.6 Å². The molecule has 5 nitrogen and oxygen atoms in total. The predicted octanol–water partition coefficient (Wildman–Crippen LogP) is 4.35. The average Bonchev–Trinajstić information content (AvgIpc) is 2.92. The first-order valence-electron chi connectivity index (χ1n) is 6.87. The number of hydrogen-bond donors (Lipinski definition) is 0. The fourth-order valence-corrected chi connectivity index (χ4v) is 2.18. The van der Waals surface area contributed by atoms with Crippen molar-refractivity contribution in [2.45, 2.75) is 6.92 Å². The summed E-state index contributed by atoms with van der Waals surface area (Å²) < 4.78 is 7.24. The Morgan fingerprint density at radius 2 is 2.05 bits per heavy atom. The maximum Gasteiger partial charge on any atom is 0.209 e. The van der Waals surface area contributed by atoms with E-state index in [0.29, 0.717) is 23.8 Å². The third-order valence-corrected chi connectivity index (χ3v) is 3.20. The van der Waals surface area contributed by atoms with Gasteiger partial charge in [0, 0.05) is 11.8 Å². The van der Waals surface area contributed by atoms with E-state index in [2.05, 4.69) is 16.7 Å². The van der Waals surface area contributed by atoms with E-state index >= 15 is 0 Å². The number of pyridine rings is 1. The van der Waals surface area contributed by atoms with Gasteiger partial charge in [0.2, 0.25) is 5.82 Å². The first-order valence-corrected chi connectivity index (χ1v) is 6.87. The number of hydrogen-bond acceptors (Lipinski definition) is 4. The van der Waals surface area contributed by atoms with E-state index in [4.69, 9.17) is 4.74 Å². The normalized spacial score (nSPS) is 10.6. The first kappa shape index (κ1) is 14.0. The summed E-state index contributed by atoms with van der Waals surface area (Å²) in [7, 11) is 0. The molecule has 1 aromatic carbocycles. The number of imidazole rings is 1. The van der Waals surface area contributed by atoms with Crippen LogP contribution in [0.5, 0.6) is 5.75 Å². The quantitative estimate of drug-likeness (QED) is 0.519. The lowest BCUT2D eigenvalue weighted by molar-refractivity contribution is 0.353. The molecule has 0 N–H and O–H groups in total. The molecule has 0 atom stereocenters. The molecule has 0 fully saturated rings. The van der Waals surface area contributed by atoms with Gasteiger partial charge in [-0.25, -0.2) is 4.98 Å². The maximum atomic E-state index is 11.2. The van der Waals surface area contributed by atoms with Gasteiger partial charge in [-0.05, 0) is 54.1 Å². The molecule has 0 bridgehead atoms. The summed E-state index contributed by atoms with van der Waals surface area (Å²) >= 11 is 0. The monoisotopic (exact) mass is 293 g/mol. The summed E-state index contributed by atoms with van der Waals surface area (Å²) in [4.78, 5) is 15.6. The van der Waals surface area contributed by atoms with Crippen molar-refractivity contribution in [1.82, 2.24) is 9.38 Å². The van der Waals surface area contributed by atoms with Crippen molar-refractivity contribution in [3.63, 3.8) is 0 Å². The Kier molecular flexibility index (Phi) is 3.70. The molecule has 0 spiro atoms. The fraction of sp³-hybridized carbons (Fsp3) is 0.118. The van der Waals surface area contributed by atoms with E-state index in [1.807, 2.05) is 49.4 Å². The predicted molar refractivity (Wildman–Crippen MR) is 86.4 cm³/mol. The number of ether oxygens (including phenoxy) is 1. The molecule has 0 aliphatic carbocycles. The van der Waals surface area contributed by atoms with Gasteiger partial charge < -0.3 is 4.74 Å². The van der Waals surface area contributed by atoms with Crippen LogP contribution < -0.4 is 4.74 Å². The fourth-order valence-electron chi connectivity index (χ4n) is 2.18. The molecule has 5 heteroatoms. The lowest BCUT2D eigenvalue weighted by Gasteiger charge is -2.06. The van der Waals surface area contributed by atoms with E-state index < -0.39 is 0 Å². The van der Waals surface area contributed by atoms with Gasteiger partial charge >= 0.3 is 0 Å². The van der Waals surface area contributed by atoms with E-state index in [1.54, 1.807) is 10.6 Å². The molecule has 2 aromatic heterocycles. The van der Waals surface area contributed by atoms with Gasteiger partial charge in [-0.2, -0.15) is 0 Å². The van der Waals surface area contributed by atoms with Crippen LogP contribution in [0, 0.1) is 4.91 Å². The number of nitrogens with zero attached hydrogens (tertiary/aromatic N) is 3. The Bertz CT molecular complexity index is 835. The number of rotatable bonds is 5. The van der Waals surface area contributed by atoms with Crippen LogP contribution in [0.2, 0.25) is 0 Å². The van der Waals surface area contributed by atoms with Crippen molar-refractivity contribution in [2.24, 2.45) is 5.18 Å². The molecule has 0 saturated carbocycles. The second-order valence-electron chi connectivity index (χ2n) is 5.07. The Balaban J connectivity index is 1.97. The number of fused-ring (bicyclic) bond motifs is 1. The van der Waals surface area contributed by atoms with Crippen LogP contribution in [-0.2, 0) is 0 Å². The highest BCUT2D eigenvalue weighted by molar-refractivity contribution is 5.74. The molecule has 2 heterocycles. The average molecular weight is 293 g/mol. The zero-order chi connectivity index (χ0) is 15.5. The van der Waals surface area contributed by atoms with Gasteiger partial charge in [0.15, 0.2) is 0 Å². The van der Waals surface area contributed by atoms with Gasteiger partial charge in [0.25, 0.3) is 0 Å². The van der Waals surface area contributed by atoms with Crippen LogP contribution >= 0.6 is 0 Å². The topological polar surface area (TPSA) is 56.0 Å². The van der Waals surface area contributed by atoms with Gasteiger partial charge in [-0.3, -0.25) is 4.40 Å². The summed E-state index contributed by atoms with van der Waals surface area (Å²) in [6.45, 7) is 6.19. The van der Waals surface area contributed by atoms with E-state index in [-0.39, 0.29) is 0 Å². The molecule has 0 unspecified atom stereocenters. The van der Waals surface area contributed by atoms with Crippen LogP contribution in [0.1, 0.15) is 6.92 Å². The zero-order valence-corrected chi connectivity index (χ0v) is 12.2. The van der Waals surface area contributed by atoms with Gasteiger partial charge in [0.1, 0.15) is 23.7 Å². The maximum absolute atomic E-state index is 11.2. The number of aromatic nitrogens is 2. The van der Waals surface area contributed by atoms with Gasteiger partial charge in [-0.15, -0.1) is 4.91 Å². The van der Waals surface area contributed by atoms with Crippen molar-refractivity contribution < 1.29 is 4.74 Å². The molecule has 0 aliphatic rings. The molecular weight excluding hydrogens is 278 g/mol. The molecule has 0 aliphatic heterocycles. The van der Waals surface area contributed by atoms with E-state index in [1.165, 1.54) is 0 Å². The summed E-state index contributed by atoms with van der Waals surface area (Å²) in [5.41, 5.74) is 3.03. The molecular formula is C17H15N3O2. The lowest BCUT2D eigenvalue weighted by Crippen LogP contribution is -1.97. The van der Waals surface area contributed by atoms with Crippen LogP contribution in [0.4, 0.5) is 5.82 Å². The standard InChI is InChI=1S/C17H15N3O2/c1-12(2)11-22-14-8-6-13(7-9-14)16-17(19-21)20-10-4-3-5-15(20)18-16/h3-10H,1,11H2,2H3. The van der Waals surface area contributed by atoms with Crippen LogP contribution in [-0.4, -0.2) is 16.0 Å². The van der Waals surface area contributed by atoms with Gasteiger partial charge in [0.05, 0.1) is 0 Å². The molecule has 0 amide bonds. The minimum atomic E-state index is 0.297. The lowest BCUT2D eigenvalue weighted by atomic mass is 10.1. The first-order chi connectivity index (χ1) is 10.7. The Hall–Kier alpha value is -2.95. The second kappa shape index (κ2) is 5.81. The smallest absolute Gasteiger partial charge is 0.209 e. The van der Waals surface area contributed by atoms with Crippen LogP contribution in [0.25, 0.3) is 16.9 Å². The highest BCUT2D eigenvalue weighted by atomic mass is 16.5. The van der Waals surface area contributed by atoms with Crippen molar-refractivity contribution in [3.8, 4) is 17.0 Å². The minimum absolute atomic E-state index is 0.297. The van der Waals surface area contributed by atoms with Crippen molar-refractivity contribution in [2.75, 3.05) is 6.61 Å². The third kappa shape index (κ3) is 2.61. The van der Waals surface area contributed by atoms with Crippen molar-refractivity contribution >= 4 is 11.5 Å².